The summed E-state index contributed by atoms with van der Waals surface area (Å²) in [5, 5.41) is 5.47. The molecule has 0 aliphatic carbocycles. The molecule has 0 aliphatic rings. The molecule has 0 saturated carbocycles. The second kappa shape index (κ2) is 8.63. The molecule has 0 fully saturated rings. The lowest BCUT2D eigenvalue weighted by atomic mass is 10.1. The maximum absolute atomic E-state index is 12.2. The summed E-state index contributed by atoms with van der Waals surface area (Å²) in [4.78, 5) is 16.8. The van der Waals surface area contributed by atoms with Crippen LogP contribution in [0.15, 0.2) is 53.9 Å². The zero-order chi connectivity index (χ0) is 18.4. The van der Waals surface area contributed by atoms with E-state index in [1.165, 1.54) is 16.9 Å². The van der Waals surface area contributed by atoms with Crippen molar-refractivity contribution >= 4 is 22.4 Å². The van der Waals surface area contributed by atoms with E-state index in [4.69, 9.17) is 4.74 Å². The van der Waals surface area contributed by atoms with Gasteiger partial charge in [0.05, 0.1) is 18.7 Å². The third kappa shape index (κ3) is 4.70. The fourth-order valence-corrected chi connectivity index (χ4v) is 3.33. The van der Waals surface area contributed by atoms with Gasteiger partial charge in [-0.15, -0.1) is 11.3 Å². The predicted octanol–water partition coefficient (Wildman–Crippen LogP) is 4.95. The molecular weight excluding hydrogens is 344 g/mol. The smallest absolute Gasteiger partial charge is 0.230 e. The highest BCUT2D eigenvalue weighted by Crippen LogP contribution is 2.25. The van der Waals surface area contributed by atoms with E-state index in [-0.39, 0.29) is 5.91 Å². The first-order chi connectivity index (χ1) is 12.7. The van der Waals surface area contributed by atoms with E-state index >= 15 is 0 Å². The van der Waals surface area contributed by atoms with Crippen molar-refractivity contribution in [2.75, 3.05) is 11.9 Å². The molecule has 0 saturated heterocycles. The first kappa shape index (κ1) is 18.1. The number of thiazole rings is 1. The number of carbonyl (C=O) groups excluding carboxylic acids is 1. The topological polar surface area (TPSA) is 51.2 Å². The van der Waals surface area contributed by atoms with Gasteiger partial charge in [-0.05, 0) is 36.6 Å². The maximum Gasteiger partial charge on any atom is 0.230 e. The lowest BCUT2D eigenvalue weighted by Gasteiger charge is -2.05. The van der Waals surface area contributed by atoms with Crippen LogP contribution in [0, 0.1) is 0 Å². The van der Waals surface area contributed by atoms with Crippen LogP contribution in [-0.2, 0) is 17.6 Å². The lowest BCUT2D eigenvalue weighted by molar-refractivity contribution is -0.115. The summed E-state index contributed by atoms with van der Waals surface area (Å²) >= 11 is 1.44. The molecule has 1 aromatic heterocycles. The molecule has 2 aromatic carbocycles. The second-order valence-corrected chi connectivity index (χ2v) is 6.75. The highest BCUT2D eigenvalue weighted by molar-refractivity contribution is 7.14. The molecule has 3 rings (SSSR count). The number of anilines is 1. The van der Waals surface area contributed by atoms with Gasteiger partial charge in [-0.2, -0.15) is 0 Å². The van der Waals surface area contributed by atoms with Gasteiger partial charge in [0.1, 0.15) is 5.75 Å². The minimum atomic E-state index is -0.0728. The predicted molar refractivity (Wildman–Crippen MR) is 107 cm³/mol. The van der Waals surface area contributed by atoms with Gasteiger partial charge < -0.3 is 10.1 Å². The van der Waals surface area contributed by atoms with Crippen LogP contribution in [0.25, 0.3) is 11.3 Å². The van der Waals surface area contributed by atoms with E-state index in [1.807, 2.05) is 36.6 Å². The van der Waals surface area contributed by atoms with Gasteiger partial charge in [-0.1, -0.05) is 43.3 Å². The largest absolute Gasteiger partial charge is 0.494 e. The molecule has 1 heterocycles. The summed E-state index contributed by atoms with van der Waals surface area (Å²) in [7, 11) is 0. The van der Waals surface area contributed by atoms with Crippen molar-refractivity contribution in [1.82, 2.24) is 4.98 Å². The second-order valence-electron chi connectivity index (χ2n) is 5.89. The molecule has 26 heavy (non-hydrogen) atoms. The van der Waals surface area contributed by atoms with E-state index < -0.39 is 0 Å². The number of carbonyl (C=O) groups is 1. The van der Waals surface area contributed by atoms with Gasteiger partial charge in [0, 0.05) is 10.9 Å². The molecular formula is C21H22N2O2S. The van der Waals surface area contributed by atoms with Crippen LogP contribution in [0.5, 0.6) is 5.75 Å². The number of hydrogen-bond acceptors (Lipinski definition) is 4. The normalized spacial score (nSPS) is 10.5. The van der Waals surface area contributed by atoms with Crippen LogP contribution < -0.4 is 10.1 Å². The van der Waals surface area contributed by atoms with Gasteiger partial charge >= 0.3 is 0 Å². The lowest BCUT2D eigenvalue weighted by Crippen LogP contribution is -2.14. The monoisotopic (exact) mass is 366 g/mol. The average molecular weight is 366 g/mol. The maximum atomic E-state index is 12.2. The standard InChI is InChI=1S/C21H22N2O2S/c1-3-15-5-9-17(10-6-15)19-14-26-21(22-19)23-20(24)13-16-7-11-18(12-8-16)25-4-2/h5-12,14H,3-4,13H2,1-2H3,(H,22,23,24). The number of aromatic nitrogens is 1. The van der Waals surface area contributed by atoms with Gasteiger partial charge in [0.15, 0.2) is 5.13 Å². The quantitative estimate of drug-likeness (QED) is 0.643. The Hall–Kier alpha value is -2.66. The number of ether oxygens (including phenoxy) is 1. The Labute approximate surface area is 157 Å². The van der Waals surface area contributed by atoms with E-state index in [1.54, 1.807) is 0 Å². The third-order valence-electron chi connectivity index (χ3n) is 4.01. The molecule has 0 spiro atoms. The fraction of sp³-hybridized carbons (Fsp3) is 0.238. The van der Waals surface area contributed by atoms with E-state index in [0.717, 1.165) is 29.0 Å². The highest BCUT2D eigenvalue weighted by Gasteiger charge is 2.09. The zero-order valence-corrected chi connectivity index (χ0v) is 15.8. The van der Waals surface area contributed by atoms with Crippen LogP contribution in [0.2, 0.25) is 0 Å². The average Bonchev–Trinajstić information content (AvgIpc) is 3.12. The minimum Gasteiger partial charge on any atom is -0.494 e. The molecule has 5 heteroatoms. The van der Waals surface area contributed by atoms with Crippen LogP contribution in [0.4, 0.5) is 5.13 Å². The van der Waals surface area contributed by atoms with Crippen LogP contribution in [-0.4, -0.2) is 17.5 Å². The summed E-state index contributed by atoms with van der Waals surface area (Å²) < 4.78 is 5.41. The molecule has 134 valence electrons. The van der Waals surface area contributed by atoms with Crippen molar-refractivity contribution in [2.45, 2.75) is 26.7 Å². The molecule has 3 aromatic rings. The van der Waals surface area contributed by atoms with Gasteiger partial charge in [0.25, 0.3) is 0 Å². The van der Waals surface area contributed by atoms with Crippen molar-refractivity contribution in [3.8, 4) is 17.0 Å². The zero-order valence-electron chi connectivity index (χ0n) is 15.0. The first-order valence-corrected chi connectivity index (χ1v) is 9.62. The van der Waals surface area contributed by atoms with Gasteiger partial charge in [-0.3, -0.25) is 4.79 Å². The van der Waals surface area contributed by atoms with Crippen LogP contribution >= 0.6 is 11.3 Å². The Kier molecular flexibility index (Phi) is 6.02. The molecule has 0 radical (unpaired) electrons. The van der Waals surface area contributed by atoms with Gasteiger partial charge in [0.2, 0.25) is 5.91 Å². The summed E-state index contributed by atoms with van der Waals surface area (Å²) in [5.74, 6) is 0.742. The number of nitrogens with one attached hydrogen (secondary N) is 1. The van der Waals surface area contributed by atoms with Crippen LogP contribution in [0.3, 0.4) is 0 Å². The number of aryl methyl sites for hydroxylation is 1. The van der Waals surface area contributed by atoms with E-state index in [2.05, 4.69) is 41.5 Å². The minimum absolute atomic E-state index is 0.0728. The Morgan fingerprint density at radius 2 is 1.73 bits per heavy atom. The molecule has 1 amide bonds. The molecule has 0 unspecified atom stereocenters. The number of rotatable bonds is 7. The fourth-order valence-electron chi connectivity index (χ4n) is 2.59. The Bertz CT molecular complexity index is 854. The molecule has 0 bridgehead atoms. The van der Waals surface area contributed by atoms with E-state index in [0.29, 0.717) is 18.2 Å². The van der Waals surface area contributed by atoms with Crippen molar-refractivity contribution in [3.63, 3.8) is 0 Å². The van der Waals surface area contributed by atoms with Crippen molar-refractivity contribution in [3.05, 3.63) is 65.0 Å². The Morgan fingerprint density at radius 1 is 1.04 bits per heavy atom. The molecule has 4 nitrogen and oxygen atoms in total. The number of amides is 1. The summed E-state index contributed by atoms with van der Waals surface area (Å²) in [6.45, 7) is 4.71. The first-order valence-electron chi connectivity index (χ1n) is 8.74. The number of nitrogens with zero attached hydrogens (tertiary/aromatic N) is 1. The van der Waals surface area contributed by atoms with Crippen molar-refractivity contribution in [2.24, 2.45) is 0 Å². The van der Waals surface area contributed by atoms with E-state index in [9.17, 15) is 4.79 Å². The number of hydrogen-bond donors (Lipinski definition) is 1. The third-order valence-corrected chi connectivity index (χ3v) is 4.77. The SMILES string of the molecule is CCOc1ccc(CC(=O)Nc2nc(-c3ccc(CC)cc3)cs2)cc1. The van der Waals surface area contributed by atoms with Crippen molar-refractivity contribution in [1.29, 1.82) is 0 Å². The van der Waals surface area contributed by atoms with Crippen molar-refractivity contribution < 1.29 is 9.53 Å². The molecule has 1 N–H and O–H groups in total. The summed E-state index contributed by atoms with van der Waals surface area (Å²) in [6.07, 6.45) is 1.33. The van der Waals surface area contributed by atoms with Gasteiger partial charge in [-0.25, -0.2) is 4.98 Å². The summed E-state index contributed by atoms with van der Waals surface area (Å²) in [6, 6.07) is 15.9. The van der Waals surface area contributed by atoms with Crippen LogP contribution in [0.1, 0.15) is 25.0 Å². The Morgan fingerprint density at radius 3 is 2.38 bits per heavy atom. The summed E-state index contributed by atoms with van der Waals surface area (Å²) in [5.41, 5.74) is 4.19. The highest BCUT2D eigenvalue weighted by atomic mass is 32.1. The number of benzene rings is 2. The molecule has 0 atom stereocenters. The molecule has 0 aliphatic heterocycles. The Balaban J connectivity index is 1.60.